The summed E-state index contributed by atoms with van der Waals surface area (Å²) in [6, 6.07) is 11.1. The molecule has 0 fully saturated rings. The summed E-state index contributed by atoms with van der Waals surface area (Å²) in [6.07, 6.45) is -4.90. The van der Waals surface area contributed by atoms with Crippen molar-refractivity contribution in [2.75, 3.05) is 13.7 Å². The Hall–Kier alpha value is -2.92. The van der Waals surface area contributed by atoms with E-state index in [-0.39, 0.29) is 23.9 Å². The van der Waals surface area contributed by atoms with Crippen molar-refractivity contribution >= 4 is 29.3 Å². The van der Waals surface area contributed by atoms with Crippen molar-refractivity contribution in [3.63, 3.8) is 0 Å². The van der Waals surface area contributed by atoms with E-state index in [1.54, 1.807) is 26.2 Å². The lowest BCUT2D eigenvalue weighted by Crippen LogP contribution is -2.17. The van der Waals surface area contributed by atoms with Crippen LogP contribution in [0.2, 0.25) is 5.02 Å². The van der Waals surface area contributed by atoms with E-state index in [4.69, 9.17) is 21.1 Å². The average molecular weight is 488 g/mol. The largest absolute Gasteiger partial charge is 0.573 e. The molecule has 1 aromatic heterocycles. The lowest BCUT2D eigenvalue weighted by Gasteiger charge is -2.12. The Morgan fingerprint density at radius 1 is 1.19 bits per heavy atom. The van der Waals surface area contributed by atoms with Crippen LogP contribution >= 0.6 is 23.4 Å². The molecule has 3 rings (SSSR count). The fourth-order valence-corrected chi connectivity index (χ4v) is 3.71. The highest BCUT2D eigenvalue weighted by Crippen LogP contribution is 2.37. The first kappa shape index (κ1) is 23.7. The van der Waals surface area contributed by atoms with Crippen molar-refractivity contribution in [2.45, 2.75) is 29.8 Å². The molecule has 3 aromatic rings. The number of carbonyl (C=O) groups is 1. The SMILES string of the molecule is CCOC(=O)c1nnn(Cc2ccc(OC)cc2)c1Sc1ccc(Cl)c(OC(F)(F)F)c1. The zero-order valence-corrected chi connectivity index (χ0v) is 18.4. The van der Waals surface area contributed by atoms with E-state index in [1.807, 2.05) is 12.1 Å². The van der Waals surface area contributed by atoms with E-state index in [1.165, 1.54) is 16.8 Å². The molecule has 0 spiro atoms. The highest BCUT2D eigenvalue weighted by molar-refractivity contribution is 7.99. The maximum absolute atomic E-state index is 12.7. The van der Waals surface area contributed by atoms with E-state index in [0.29, 0.717) is 15.7 Å². The van der Waals surface area contributed by atoms with Crippen molar-refractivity contribution in [1.29, 1.82) is 0 Å². The smallest absolute Gasteiger partial charge is 0.497 e. The highest BCUT2D eigenvalue weighted by atomic mass is 35.5. The molecule has 170 valence electrons. The third-order valence-electron chi connectivity index (χ3n) is 3.99. The molecule has 0 unspecified atom stereocenters. The summed E-state index contributed by atoms with van der Waals surface area (Å²) in [4.78, 5) is 12.7. The number of nitrogens with zero attached hydrogens (tertiary/aromatic N) is 3. The van der Waals surface area contributed by atoms with Crippen LogP contribution in [0.3, 0.4) is 0 Å². The average Bonchev–Trinajstić information content (AvgIpc) is 3.12. The molecule has 0 N–H and O–H groups in total. The standard InChI is InChI=1S/C20H17ClF3N3O4S/c1-3-30-19(28)17-18(27(26-25-17)11-12-4-6-13(29-2)7-5-12)32-14-8-9-15(21)16(10-14)31-20(22,23)24/h4-10H,3,11H2,1-2H3. The second-order valence-electron chi connectivity index (χ2n) is 6.21. The Kier molecular flexibility index (Phi) is 7.52. The van der Waals surface area contributed by atoms with Gasteiger partial charge in [0.25, 0.3) is 0 Å². The van der Waals surface area contributed by atoms with E-state index in [2.05, 4.69) is 15.0 Å². The number of hydrogen-bond acceptors (Lipinski definition) is 7. The number of esters is 1. The highest BCUT2D eigenvalue weighted by Gasteiger charge is 2.32. The fraction of sp³-hybridized carbons (Fsp3) is 0.250. The van der Waals surface area contributed by atoms with Gasteiger partial charge < -0.3 is 14.2 Å². The topological polar surface area (TPSA) is 75.5 Å². The molecule has 32 heavy (non-hydrogen) atoms. The van der Waals surface area contributed by atoms with Crippen LogP contribution in [0.15, 0.2) is 52.4 Å². The molecule has 7 nitrogen and oxygen atoms in total. The fourth-order valence-electron chi connectivity index (χ4n) is 2.60. The third-order valence-corrected chi connectivity index (χ3v) is 5.39. The van der Waals surface area contributed by atoms with Crippen LogP contribution in [0.5, 0.6) is 11.5 Å². The van der Waals surface area contributed by atoms with Gasteiger partial charge in [0.1, 0.15) is 16.5 Å². The predicted molar refractivity (Wildman–Crippen MR) is 110 cm³/mol. The van der Waals surface area contributed by atoms with Crippen molar-refractivity contribution in [3.05, 3.63) is 58.7 Å². The van der Waals surface area contributed by atoms with Gasteiger partial charge >= 0.3 is 12.3 Å². The number of benzene rings is 2. The minimum absolute atomic E-state index is 0.0569. The first-order valence-corrected chi connectivity index (χ1v) is 10.4. The third kappa shape index (κ3) is 6.07. The van der Waals surface area contributed by atoms with Gasteiger partial charge in [0.15, 0.2) is 0 Å². The molecule has 0 atom stereocenters. The van der Waals surface area contributed by atoms with Gasteiger partial charge in [-0.15, -0.1) is 18.3 Å². The molecule has 0 saturated heterocycles. The summed E-state index contributed by atoms with van der Waals surface area (Å²) >= 11 is 6.81. The Balaban J connectivity index is 1.95. The molecule has 0 aliphatic rings. The van der Waals surface area contributed by atoms with Crippen molar-refractivity contribution < 1.29 is 32.2 Å². The molecular formula is C20H17ClF3N3O4S. The number of rotatable bonds is 8. The number of ether oxygens (including phenoxy) is 3. The molecule has 0 bridgehead atoms. The number of alkyl halides is 3. The summed E-state index contributed by atoms with van der Waals surface area (Å²) in [5.74, 6) is -0.583. The molecular weight excluding hydrogens is 471 g/mol. The molecule has 0 aliphatic heterocycles. The lowest BCUT2D eigenvalue weighted by molar-refractivity contribution is -0.274. The maximum atomic E-state index is 12.7. The predicted octanol–water partition coefficient (Wildman–Crippen LogP) is 5.21. The van der Waals surface area contributed by atoms with Crippen LogP contribution in [0, 0.1) is 0 Å². The van der Waals surface area contributed by atoms with Crippen LogP contribution in [-0.4, -0.2) is 41.0 Å². The summed E-state index contributed by atoms with van der Waals surface area (Å²) in [5.41, 5.74) is 0.781. The molecule has 0 saturated carbocycles. The summed E-state index contributed by atoms with van der Waals surface area (Å²) < 4.78 is 53.6. The number of methoxy groups -OCH3 is 1. The summed E-state index contributed by atoms with van der Waals surface area (Å²) in [7, 11) is 1.55. The maximum Gasteiger partial charge on any atom is 0.573 e. The van der Waals surface area contributed by atoms with Gasteiger partial charge in [-0.25, -0.2) is 9.48 Å². The zero-order valence-electron chi connectivity index (χ0n) is 16.9. The second kappa shape index (κ2) is 10.1. The minimum Gasteiger partial charge on any atom is -0.497 e. The number of aromatic nitrogens is 3. The van der Waals surface area contributed by atoms with E-state index < -0.39 is 18.1 Å². The van der Waals surface area contributed by atoms with Crippen LogP contribution in [0.25, 0.3) is 0 Å². The van der Waals surface area contributed by atoms with Crippen LogP contribution in [0.1, 0.15) is 23.0 Å². The van der Waals surface area contributed by atoms with Gasteiger partial charge in [0.2, 0.25) is 5.69 Å². The van der Waals surface area contributed by atoms with Crippen LogP contribution < -0.4 is 9.47 Å². The number of hydrogen-bond donors (Lipinski definition) is 0. The summed E-state index contributed by atoms with van der Waals surface area (Å²) in [5, 5.41) is 8.03. The molecule has 2 aromatic carbocycles. The first-order chi connectivity index (χ1) is 15.2. The van der Waals surface area contributed by atoms with Gasteiger partial charge in [0, 0.05) is 4.90 Å². The van der Waals surface area contributed by atoms with E-state index >= 15 is 0 Å². The number of halogens is 4. The van der Waals surface area contributed by atoms with E-state index in [0.717, 1.165) is 23.4 Å². The van der Waals surface area contributed by atoms with Crippen LogP contribution in [-0.2, 0) is 11.3 Å². The van der Waals surface area contributed by atoms with Gasteiger partial charge in [-0.1, -0.05) is 40.7 Å². The lowest BCUT2D eigenvalue weighted by atomic mass is 10.2. The molecule has 1 heterocycles. The molecule has 0 amide bonds. The second-order valence-corrected chi connectivity index (χ2v) is 7.68. The van der Waals surface area contributed by atoms with Gasteiger partial charge in [-0.2, -0.15) is 0 Å². The monoisotopic (exact) mass is 487 g/mol. The van der Waals surface area contributed by atoms with Gasteiger partial charge in [-0.3, -0.25) is 0 Å². The Bertz CT molecular complexity index is 1090. The van der Waals surface area contributed by atoms with Crippen molar-refractivity contribution in [1.82, 2.24) is 15.0 Å². The molecule has 12 heteroatoms. The van der Waals surface area contributed by atoms with Gasteiger partial charge in [0.05, 0.1) is 25.3 Å². The van der Waals surface area contributed by atoms with E-state index in [9.17, 15) is 18.0 Å². The Labute approximate surface area is 190 Å². The normalized spacial score (nSPS) is 11.3. The molecule has 0 radical (unpaired) electrons. The van der Waals surface area contributed by atoms with Crippen molar-refractivity contribution in [2.24, 2.45) is 0 Å². The van der Waals surface area contributed by atoms with Crippen LogP contribution in [0.4, 0.5) is 13.2 Å². The van der Waals surface area contributed by atoms with Gasteiger partial charge in [-0.05, 0) is 42.8 Å². The quantitative estimate of drug-likeness (QED) is 0.403. The first-order valence-electron chi connectivity index (χ1n) is 9.17. The summed E-state index contributed by atoms with van der Waals surface area (Å²) in [6.45, 7) is 2.02. The minimum atomic E-state index is -4.90. The van der Waals surface area contributed by atoms with Crippen molar-refractivity contribution in [3.8, 4) is 11.5 Å². The number of carbonyl (C=O) groups excluding carboxylic acids is 1. The zero-order chi connectivity index (χ0) is 23.3. The Morgan fingerprint density at radius 2 is 1.91 bits per heavy atom. The Morgan fingerprint density at radius 3 is 2.53 bits per heavy atom. The molecule has 0 aliphatic carbocycles.